The molecule has 0 saturated heterocycles. The fourth-order valence-corrected chi connectivity index (χ4v) is 2.77. The van der Waals surface area contributed by atoms with Crippen LogP contribution in [0.25, 0.3) is 0 Å². The Bertz CT molecular complexity index is 883. The minimum atomic E-state index is -0.164. The molecule has 1 N–H and O–H groups in total. The van der Waals surface area contributed by atoms with Crippen LogP contribution in [-0.2, 0) is 6.42 Å². The van der Waals surface area contributed by atoms with Crippen LogP contribution in [0.4, 0.5) is 0 Å². The third kappa shape index (κ3) is 4.33. The summed E-state index contributed by atoms with van der Waals surface area (Å²) in [5, 5.41) is 12.2. The molecule has 1 unspecified atom stereocenters. The molecule has 3 rings (SSSR count). The van der Waals surface area contributed by atoms with Crippen LogP contribution in [0.3, 0.4) is 0 Å². The molecule has 3 nitrogen and oxygen atoms in total. The molecule has 3 aromatic carbocycles. The number of nitrogens with one attached hydrogen (secondary N) is 1. The maximum absolute atomic E-state index is 12.6. The van der Waals surface area contributed by atoms with Crippen LogP contribution in [0, 0.1) is 11.3 Å². The molecule has 0 bridgehead atoms. The minimum Gasteiger partial charge on any atom is -0.345 e. The number of nitriles is 1. The van der Waals surface area contributed by atoms with Crippen LogP contribution in [0.5, 0.6) is 0 Å². The molecule has 3 heteroatoms. The summed E-state index contributed by atoms with van der Waals surface area (Å²) in [6.45, 7) is 0. The third-order valence-electron chi connectivity index (χ3n) is 4.04. The van der Waals surface area contributed by atoms with E-state index in [2.05, 4.69) is 11.4 Å². The molecule has 0 aromatic heterocycles. The number of amides is 1. The van der Waals surface area contributed by atoms with Crippen molar-refractivity contribution in [2.75, 3.05) is 0 Å². The maximum atomic E-state index is 12.6. The summed E-state index contributed by atoms with van der Waals surface area (Å²) in [5.41, 5.74) is 3.31. The molecule has 1 amide bonds. The van der Waals surface area contributed by atoms with E-state index in [0.29, 0.717) is 17.5 Å². The number of carbonyl (C=O) groups excluding carboxylic acids is 1. The first kappa shape index (κ1) is 16.5. The SMILES string of the molecule is N#Cc1cccc(CC(NC(=O)c2ccccc2)c2ccccc2)c1. The lowest BCUT2D eigenvalue weighted by Crippen LogP contribution is -2.30. The van der Waals surface area contributed by atoms with Gasteiger partial charge in [-0.25, -0.2) is 0 Å². The molecule has 25 heavy (non-hydrogen) atoms. The first-order chi connectivity index (χ1) is 12.3. The summed E-state index contributed by atoms with van der Waals surface area (Å²) in [6, 6.07) is 28.6. The van der Waals surface area contributed by atoms with Crippen molar-refractivity contribution in [1.29, 1.82) is 5.26 Å². The summed E-state index contributed by atoms with van der Waals surface area (Å²) >= 11 is 0. The van der Waals surface area contributed by atoms with Crippen molar-refractivity contribution in [2.24, 2.45) is 0 Å². The van der Waals surface area contributed by atoms with Gasteiger partial charge in [-0.1, -0.05) is 60.7 Å². The van der Waals surface area contributed by atoms with Gasteiger partial charge in [-0.05, 0) is 41.8 Å². The summed E-state index contributed by atoms with van der Waals surface area (Å²) < 4.78 is 0. The lowest BCUT2D eigenvalue weighted by Gasteiger charge is -2.20. The van der Waals surface area contributed by atoms with E-state index < -0.39 is 0 Å². The molecule has 0 aliphatic rings. The Hall–Kier alpha value is -3.38. The second-order valence-corrected chi connectivity index (χ2v) is 5.82. The van der Waals surface area contributed by atoms with E-state index in [1.165, 1.54) is 0 Å². The Morgan fingerprint density at radius 3 is 2.28 bits per heavy atom. The zero-order chi connectivity index (χ0) is 17.5. The summed E-state index contributed by atoms with van der Waals surface area (Å²) in [6.07, 6.45) is 0.623. The van der Waals surface area contributed by atoms with Crippen molar-refractivity contribution >= 4 is 5.91 Å². The van der Waals surface area contributed by atoms with Crippen molar-refractivity contribution in [1.82, 2.24) is 5.32 Å². The standard InChI is InChI=1S/C22H18N2O/c23-16-18-9-7-8-17(14-18)15-21(19-10-3-1-4-11-19)24-22(25)20-12-5-2-6-13-20/h1-14,21H,15H2,(H,24,25). The number of hydrogen-bond acceptors (Lipinski definition) is 2. The second kappa shape index (κ2) is 7.94. The van der Waals surface area contributed by atoms with Gasteiger partial charge in [0.2, 0.25) is 0 Å². The van der Waals surface area contributed by atoms with Gasteiger partial charge in [-0.3, -0.25) is 4.79 Å². The molecule has 122 valence electrons. The normalized spacial score (nSPS) is 11.3. The monoisotopic (exact) mass is 326 g/mol. The molecule has 0 radical (unpaired) electrons. The number of rotatable bonds is 5. The Morgan fingerprint density at radius 1 is 0.920 bits per heavy atom. The Labute approximate surface area is 147 Å². The van der Waals surface area contributed by atoms with E-state index in [4.69, 9.17) is 5.26 Å². The topological polar surface area (TPSA) is 52.9 Å². The third-order valence-corrected chi connectivity index (χ3v) is 4.04. The van der Waals surface area contributed by atoms with E-state index in [0.717, 1.165) is 11.1 Å². The summed E-state index contributed by atoms with van der Waals surface area (Å²) in [4.78, 5) is 12.6. The highest BCUT2D eigenvalue weighted by atomic mass is 16.1. The predicted molar refractivity (Wildman–Crippen MR) is 98.0 cm³/mol. The van der Waals surface area contributed by atoms with Gasteiger partial charge in [0.05, 0.1) is 17.7 Å². The van der Waals surface area contributed by atoms with E-state index in [9.17, 15) is 4.79 Å². The first-order valence-electron chi connectivity index (χ1n) is 8.16. The van der Waals surface area contributed by atoms with Crippen molar-refractivity contribution in [3.05, 3.63) is 107 Å². The summed E-state index contributed by atoms with van der Waals surface area (Å²) in [5.74, 6) is -0.106. The van der Waals surface area contributed by atoms with Crippen LogP contribution < -0.4 is 5.32 Å². The molecule has 0 heterocycles. The zero-order valence-corrected chi connectivity index (χ0v) is 13.7. The molecule has 1 atom stereocenters. The van der Waals surface area contributed by atoms with Gasteiger partial charge in [0, 0.05) is 5.56 Å². The lowest BCUT2D eigenvalue weighted by molar-refractivity contribution is 0.0936. The van der Waals surface area contributed by atoms with E-state index in [1.54, 1.807) is 18.2 Å². The highest BCUT2D eigenvalue weighted by molar-refractivity contribution is 5.94. The fraction of sp³-hybridized carbons (Fsp3) is 0.0909. The highest BCUT2D eigenvalue weighted by Gasteiger charge is 2.16. The van der Waals surface area contributed by atoms with Crippen LogP contribution in [0.2, 0.25) is 0 Å². The van der Waals surface area contributed by atoms with E-state index >= 15 is 0 Å². The van der Waals surface area contributed by atoms with Gasteiger partial charge in [0.1, 0.15) is 0 Å². The fourth-order valence-electron chi connectivity index (χ4n) is 2.77. The van der Waals surface area contributed by atoms with E-state index in [-0.39, 0.29) is 11.9 Å². The lowest BCUT2D eigenvalue weighted by atomic mass is 9.97. The molecule has 0 saturated carbocycles. The van der Waals surface area contributed by atoms with Gasteiger partial charge < -0.3 is 5.32 Å². The van der Waals surface area contributed by atoms with Gasteiger partial charge in [0.15, 0.2) is 0 Å². The van der Waals surface area contributed by atoms with Crippen molar-refractivity contribution < 1.29 is 4.79 Å². The van der Waals surface area contributed by atoms with Crippen molar-refractivity contribution in [3.63, 3.8) is 0 Å². The number of nitrogens with zero attached hydrogens (tertiary/aromatic N) is 1. The molecule has 3 aromatic rings. The first-order valence-corrected chi connectivity index (χ1v) is 8.16. The number of hydrogen-bond donors (Lipinski definition) is 1. The average molecular weight is 326 g/mol. The number of carbonyl (C=O) groups is 1. The van der Waals surface area contributed by atoms with Crippen LogP contribution in [0.15, 0.2) is 84.9 Å². The second-order valence-electron chi connectivity index (χ2n) is 5.82. The van der Waals surface area contributed by atoms with Crippen molar-refractivity contribution in [3.8, 4) is 6.07 Å². The van der Waals surface area contributed by atoms with Crippen LogP contribution in [-0.4, -0.2) is 5.91 Å². The predicted octanol–water partition coefficient (Wildman–Crippen LogP) is 4.27. The maximum Gasteiger partial charge on any atom is 0.251 e. The minimum absolute atomic E-state index is 0.106. The van der Waals surface area contributed by atoms with E-state index in [1.807, 2.05) is 66.7 Å². The van der Waals surface area contributed by atoms with Crippen LogP contribution in [0.1, 0.15) is 33.1 Å². The quantitative estimate of drug-likeness (QED) is 0.761. The molecule has 0 fully saturated rings. The smallest absolute Gasteiger partial charge is 0.251 e. The van der Waals surface area contributed by atoms with Gasteiger partial charge in [-0.2, -0.15) is 5.26 Å². The molecular weight excluding hydrogens is 308 g/mol. The van der Waals surface area contributed by atoms with Gasteiger partial charge in [-0.15, -0.1) is 0 Å². The Kier molecular flexibility index (Phi) is 5.23. The number of benzene rings is 3. The largest absolute Gasteiger partial charge is 0.345 e. The Balaban J connectivity index is 1.85. The average Bonchev–Trinajstić information content (AvgIpc) is 2.69. The van der Waals surface area contributed by atoms with Gasteiger partial charge in [0.25, 0.3) is 5.91 Å². The van der Waals surface area contributed by atoms with Crippen molar-refractivity contribution in [2.45, 2.75) is 12.5 Å². The molecule has 0 aliphatic heterocycles. The zero-order valence-electron chi connectivity index (χ0n) is 13.7. The highest BCUT2D eigenvalue weighted by Crippen LogP contribution is 2.20. The van der Waals surface area contributed by atoms with Crippen LogP contribution >= 0.6 is 0 Å². The molecule has 0 aliphatic carbocycles. The molecule has 0 spiro atoms. The van der Waals surface area contributed by atoms with Gasteiger partial charge >= 0.3 is 0 Å². The Morgan fingerprint density at radius 2 is 1.60 bits per heavy atom. The summed E-state index contributed by atoms with van der Waals surface area (Å²) in [7, 11) is 0. The molecular formula is C22H18N2O.